The second-order valence-corrected chi connectivity index (χ2v) is 5.63. The van der Waals surface area contributed by atoms with Crippen molar-refractivity contribution in [2.75, 3.05) is 32.8 Å². The van der Waals surface area contributed by atoms with Gasteiger partial charge in [0.1, 0.15) is 6.04 Å². The first-order chi connectivity index (χ1) is 9.93. The van der Waals surface area contributed by atoms with Crippen LogP contribution in [0.15, 0.2) is 0 Å². The van der Waals surface area contributed by atoms with Gasteiger partial charge in [0.05, 0.1) is 13.2 Å². The highest BCUT2D eigenvalue weighted by Crippen LogP contribution is 2.07. The number of amides is 2. The quantitative estimate of drug-likeness (QED) is 0.637. The van der Waals surface area contributed by atoms with Crippen LogP contribution in [0.25, 0.3) is 0 Å². The van der Waals surface area contributed by atoms with E-state index in [1.165, 1.54) is 0 Å². The Bertz CT molecular complexity index is 345. The number of ether oxygens (including phenoxy) is 1. The summed E-state index contributed by atoms with van der Waals surface area (Å²) in [6.45, 7) is 9.52. The normalized spacial score (nSPS) is 20.3. The van der Waals surface area contributed by atoms with Gasteiger partial charge in [-0.05, 0) is 12.8 Å². The lowest BCUT2D eigenvalue weighted by Crippen LogP contribution is -2.53. The first kappa shape index (κ1) is 17.7. The lowest BCUT2D eigenvalue weighted by Gasteiger charge is -2.29. The predicted octanol–water partition coefficient (Wildman–Crippen LogP) is 0.506. The molecule has 1 heterocycles. The summed E-state index contributed by atoms with van der Waals surface area (Å²) < 4.78 is 5.27. The molecule has 7 heteroatoms. The van der Waals surface area contributed by atoms with Crippen molar-refractivity contribution in [2.45, 2.75) is 39.3 Å². The molecule has 3 unspecified atom stereocenters. The van der Waals surface area contributed by atoms with Gasteiger partial charge >= 0.3 is 12.0 Å². The van der Waals surface area contributed by atoms with E-state index in [0.29, 0.717) is 19.6 Å². The minimum atomic E-state index is -1.000. The molecule has 2 amide bonds. The molecule has 0 aromatic carbocycles. The fraction of sp³-hybridized carbons (Fsp3) is 0.857. The number of carboxylic acid groups (broad SMARTS) is 1. The zero-order valence-electron chi connectivity index (χ0n) is 13.1. The van der Waals surface area contributed by atoms with Crippen LogP contribution in [0.1, 0.15) is 27.2 Å². The molecule has 0 aromatic rings. The van der Waals surface area contributed by atoms with Crippen LogP contribution in [0.2, 0.25) is 0 Å². The van der Waals surface area contributed by atoms with E-state index in [1.54, 1.807) is 0 Å². The Kier molecular flexibility index (Phi) is 7.45. The number of urea groups is 1. The number of morpholine rings is 1. The molecule has 0 saturated carbocycles. The molecule has 0 spiro atoms. The van der Waals surface area contributed by atoms with Gasteiger partial charge in [-0.2, -0.15) is 0 Å². The molecule has 3 N–H and O–H groups in total. The van der Waals surface area contributed by atoms with E-state index in [-0.39, 0.29) is 12.0 Å². The highest BCUT2D eigenvalue weighted by atomic mass is 16.5. The Hall–Kier alpha value is -1.34. The van der Waals surface area contributed by atoms with Gasteiger partial charge in [-0.3, -0.25) is 4.90 Å². The number of carbonyl (C=O) groups excluding carboxylic acids is 1. The number of aliphatic carboxylic acids is 1. The van der Waals surface area contributed by atoms with Crippen LogP contribution in [0.3, 0.4) is 0 Å². The van der Waals surface area contributed by atoms with Crippen molar-refractivity contribution in [2.24, 2.45) is 5.92 Å². The van der Waals surface area contributed by atoms with Crippen LogP contribution < -0.4 is 10.6 Å². The third kappa shape index (κ3) is 6.31. The maximum absolute atomic E-state index is 11.9. The summed E-state index contributed by atoms with van der Waals surface area (Å²) in [5.74, 6) is -1.11. The summed E-state index contributed by atoms with van der Waals surface area (Å²) in [7, 11) is 0. The second kappa shape index (κ2) is 8.84. The Morgan fingerprint density at radius 3 is 2.38 bits per heavy atom. The number of hydrogen-bond acceptors (Lipinski definition) is 4. The van der Waals surface area contributed by atoms with Gasteiger partial charge in [-0.15, -0.1) is 0 Å². The Morgan fingerprint density at radius 2 is 1.86 bits per heavy atom. The highest BCUT2D eigenvalue weighted by molar-refractivity contribution is 5.82. The second-order valence-electron chi connectivity index (χ2n) is 5.63. The van der Waals surface area contributed by atoms with Crippen LogP contribution in [-0.4, -0.2) is 66.9 Å². The Balaban J connectivity index is 2.38. The van der Waals surface area contributed by atoms with Crippen LogP contribution >= 0.6 is 0 Å². The summed E-state index contributed by atoms with van der Waals surface area (Å²) in [5.41, 5.74) is 0. The van der Waals surface area contributed by atoms with Crippen molar-refractivity contribution < 1.29 is 19.4 Å². The molecule has 7 nitrogen and oxygen atoms in total. The van der Waals surface area contributed by atoms with E-state index in [9.17, 15) is 9.59 Å². The minimum absolute atomic E-state index is 0.0468. The number of nitrogens with zero attached hydrogens (tertiary/aromatic N) is 1. The third-order valence-corrected chi connectivity index (χ3v) is 3.78. The average molecular weight is 301 g/mol. The fourth-order valence-electron chi connectivity index (χ4n) is 2.31. The summed E-state index contributed by atoms with van der Waals surface area (Å²) in [5, 5.41) is 14.5. The smallest absolute Gasteiger partial charge is 0.326 e. The maximum Gasteiger partial charge on any atom is 0.326 e. The van der Waals surface area contributed by atoms with Crippen molar-refractivity contribution in [3.8, 4) is 0 Å². The first-order valence-electron chi connectivity index (χ1n) is 7.54. The van der Waals surface area contributed by atoms with E-state index in [2.05, 4.69) is 15.5 Å². The standard InChI is InChI=1S/C14H27N3O4/c1-4-10(2)12(13(18)19)16-14(20)15-11(3)9-17-5-7-21-8-6-17/h10-12H,4-9H2,1-3H3,(H,18,19)(H2,15,16,20). The third-order valence-electron chi connectivity index (χ3n) is 3.78. The summed E-state index contributed by atoms with van der Waals surface area (Å²) in [4.78, 5) is 25.3. The van der Waals surface area contributed by atoms with Gasteiger partial charge in [0, 0.05) is 25.7 Å². The molecule has 122 valence electrons. The molecular weight excluding hydrogens is 274 g/mol. The SMILES string of the molecule is CCC(C)C(NC(=O)NC(C)CN1CCOCC1)C(=O)O. The van der Waals surface area contributed by atoms with Crippen molar-refractivity contribution in [3.63, 3.8) is 0 Å². The summed E-state index contributed by atoms with van der Waals surface area (Å²) in [6, 6.07) is -1.33. The van der Waals surface area contributed by atoms with E-state index >= 15 is 0 Å². The molecule has 1 rings (SSSR count). The maximum atomic E-state index is 11.9. The number of carboxylic acids is 1. The Morgan fingerprint density at radius 1 is 1.24 bits per heavy atom. The molecular formula is C14H27N3O4. The summed E-state index contributed by atoms with van der Waals surface area (Å²) in [6.07, 6.45) is 0.695. The Labute approximate surface area is 126 Å². The van der Waals surface area contributed by atoms with Crippen molar-refractivity contribution in [3.05, 3.63) is 0 Å². The van der Waals surface area contributed by atoms with Crippen LogP contribution in [-0.2, 0) is 9.53 Å². The van der Waals surface area contributed by atoms with Gasteiger partial charge in [-0.1, -0.05) is 20.3 Å². The van der Waals surface area contributed by atoms with Crippen LogP contribution in [0, 0.1) is 5.92 Å². The zero-order chi connectivity index (χ0) is 15.8. The average Bonchev–Trinajstić information content (AvgIpc) is 2.44. The molecule has 0 bridgehead atoms. The van der Waals surface area contributed by atoms with Crippen molar-refractivity contribution in [1.82, 2.24) is 15.5 Å². The number of hydrogen-bond donors (Lipinski definition) is 3. The molecule has 1 aliphatic rings. The van der Waals surface area contributed by atoms with Crippen LogP contribution in [0.4, 0.5) is 4.79 Å². The van der Waals surface area contributed by atoms with Gasteiger partial charge < -0.3 is 20.5 Å². The number of nitrogens with one attached hydrogen (secondary N) is 2. The largest absolute Gasteiger partial charge is 0.480 e. The summed E-state index contributed by atoms with van der Waals surface area (Å²) >= 11 is 0. The van der Waals surface area contributed by atoms with E-state index in [1.807, 2.05) is 20.8 Å². The van der Waals surface area contributed by atoms with Crippen molar-refractivity contribution >= 4 is 12.0 Å². The van der Waals surface area contributed by atoms with Crippen LogP contribution in [0.5, 0.6) is 0 Å². The molecule has 0 aromatic heterocycles. The lowest BCUT2D eigenvalue weighted by molar-refractivity contribution is -0.140. The van der Waals surface area contributed by atoms with Gasteiger partial charge in [0.2, 0.25) is 0 Å². The predicted molar refractivity (Wildman–Crippen MR) is 79.3 cm³/mol. The molecule has 1 fully saturated rings. The van der Waals surface area contributed by atoms with Crippen molar-refractivity contribution in [1.29, 1.82) is 0 Å². The molecule has 21 heavy (non-hydrogen) atoms. The number of carbonyl (C=O) groups is 2. The number of rotatable bonds is 7. The topological polar surface area (TPSA) is 90.9 Å². The minimum Gasteiger partial charge on any atom is -0.480 e. The molecule has 1 saturated heterocycles. The van der Waals surface area contributed by atoms with Gasteiger partial charge in [0.15, 0.2) is 0 Å². The highest BCUT2D eigenvalue weighted by Gasteiger charge is 2.26. The molecule has 0 aliphatic carbocycles. The monoisotopic (exact) mass is 301 g/mol. The molecule has 1 aliphatic heterocycles. The molecule has 0 radical (unpaired) electrons. The van der Waals surface area contributed by atoms with E-state index < -0.39 is 18.0 Å². The fourth-order valence-corrected chi connectivity index (χ4v) is 2.31. The van der Waals surface area contributed by atoms with Gasteiger partial charge in [-0.25, -0.2) is 9.59 Å². The first-order valence-corrected chi connectivity index (χ1v) is 7.54. The molecule has 3 atom stereocenters. The van der Waals surface area contributed by atoms with Gasteiger partial charge in [0.25, 0.3) is 0 Å². The zero-order valence-corrected chi connectivity index (χ0v) is 13.1. The lowest BCUT2D eigenvalue weighted by atomic mass is 9.99. The van der Waals surface area contributed by atoms with E-state index in [4.69, 9.17) is 9.84 Å². The van der Waals surface area contributed by atoms with E-state index in [0.717, 1.165) is 19.6 Å².